The zero-order chi connectivity index (χ0) is 15.4. The molecular weight excluding hydrogens is 417 g/mol. The molecule has 0 fully saturated rings. The second-order valence-electron chi connectivity index (χ2n) is 4.67. The third-order valence-corrected chi connectivity index (χ3v) is 4.68. The summed E-state index contributed by atoms with van der Waals surface area (Å²) in [5.41, 5.74) is 2.19. The van der Waals surface area contributed by atoms with Crippen molar-refractivity contribution in [2.45, 2.75) is 12.5 Å². The Bertz CT molecular complexity index is 634. The first-order chi connectivity index (χ1) is 10.0. The number of rotatable bonds is 5. The number of hydrogen-bond acceptors (Lipinski definition) is 2. The van der Waals surface area contributed by atoms with Crippen LogP contribution in [0.3, 0.4) is 0 Å². The number of methoxy groups -OCH3 is 1. The molecule has 2 nitrogen and oxygen atoms in total. The molecule has 2 rings (SSSR count). The summed E-state index contributed by atoms with van der Waals surface area (Å²) in [5.74, 6) is 0.879. The van der Waals surface area contributed by atoms with Gasteiger partial charge in [-0.3, -0.25) is 0 Å². The normalized spacial score (nSPS) is 12.2. The zero-order valence-electron chi connectivity index (χ0n) is 11.8. The molecule has 0 aliphatic rings. The molecule has 112 valence electrons. The van der Waals surface area contributed by atoms with E-state index in [4.69, 9.17) is 16.3 Å². The summed E-state index contributed by atoms with van der Waals surface area (Å²) < 4.78 is 7.50. The second-order valence-corrected chi connectivity index (χ2v) is 6.91. The standard InChI is InChI=1S/C16H16Br2ClNO/c1-20-15(13-9-12(18)3-5-14(13)19)8-10-7-11(17)4-6-16(10)21-2/h3-7,9,15,20H,8H2,1-2H3. The number of halogens is 3. The highest BCUT2D eigenvalue weighted by molar-refractivity contribution is 9.10. The fourth-order valence-electron chi connectivity index (χ4n) is 2.28. The molecule has 0 amide bonds. The summed E-state index contributed by atoms with van der Waals surface area (Å²) in [4.78, 5) is 0. The van der Waals surface area contributed by atoms with Gasteiger partial charge < -0.3 is 10.1 Å². The van der Waals surface area contributed by atoms with E-state index in [-0.39, 0.29) is 6.04 Å². The van der Waals surface area contributed by atoms with E-state index in [0.717, 1.165) is 37.3 Å². The van der Waals surface area contributed by atoms with Gasteiger partial charge in [0.05, 0.1) is 7.11 Å². The Kier molecular flexibility index (Phi) is 6.11. The Morgan fingerprint density at radius 3 is 2.48 bits per heavy atom. The van der Waals surface area contributed by atoms with Gasteiger partial charge >= 0.3 is 0 Å². The lowest BCUT2D eigenvalue weighted by molar-refractivity contribution is 0.406. The van der Waals surface area contributed by atoms with Crippen LogP contribution in [0.1, 0.15) is 17.2 Å². The number of ether oxygens (including phenoxy) is 1. The van der Waals surface area contributed by atoms with E-state index in [2.05, 4.69) is 43.2 Å². The highest BCUT2D eigenvalue weighted by Crippen LogP contribution is 2.32. The minimum absolute atomic E-state index is 0.109. The highest BCUT2D eigenvalue weighted by atomic mass is 79.9. The molecule has 0 saturated heterocycles. The molecule has 0 radical (unpaired) electrons. The molecule has 0 bridgehead atoms. The van der Waals surface area contributed by atoms with Crippen molar-refractivity contribution in [1.82, 2.24) is 5.32 Å². The van der Waals surface area contributed by atoms with E-state index in [1.165, 1.54) is 0 Å². The Morgan fingerprint density at radius 1 is 1.14 bits per heavy atom. The molecule has 1 N–H and O–H groups in total. The van der Waals surface area contributed by atoms with Crippen LogP contribution in [-0.4, -0.2) is 14.2 Å². The maximum atomic E-state index is 6.34. The van der Waals surface area contributed by atoms with Gasteiger partial charge in [0.1, 0.15) is 5.75 Å². The smallest absolute Gasteiger partial charge is 0.122 e. The minimum atomic E-state index is 0.109. The van der Waals surface area contributed by atoms with Crippen molar-refractivity contribution in [2.24, 2.45) is 0 Å². The average molecular weight is 434 g/mol. The topological polar surface area (TPSA) is 21.3 Å². The number of hydrogen-bond donors (Lipinski definition) is 1. The van der Waals surface area contributed by atoms with Crippen molar-refractivity contribution in [1.29, 1.82) is 0 Å². The quantitative estimate of drug-likeness (QED) is 0.684. The van der Waals surface area contributed by atoms with Crippen LogP contribution in [0.15, 0.2) is 45.3 Å². The van der Waals surface area contributed by atoms with Crippen molar-refractivity contribution in [3.05, 3.63) is 61.5 Å². The zero-order valence-corrected chi connectivity index (χ0v) is 15.7. The summed E-state index contributed by atoms with van der Waals surface area (Å²) in [7, 11) is 3.62. The third-order valence-electron chi connectivity index (χ3n) is 3.35. The summed E-state index contributed by atoms with van der Waals surface area (Å²) in [6.45, 7) is 0. The maximum Gasteiger partial charge on any atom is 0.122 e. The van der Waals surface area contributed by atoms with E-state index in [1.54, 1.807) is 7.11 Å². The van der Waals surface area contributed by atoms with Crippen LogP contribution in [0.25, 0.3) is 0 Å². The lowest BCUT2D eigenvalue weighted by atomic mass is 9.98. The lowest BCUT2D eigenvalue weighted by Crippen LogP contribution is -2.19. The molecular formula is C16H16Br2ClNO. The first-order valence-corrected chi connectivity index (χ1v) is 8.46. The van der Waals surface area contributed by atoms with Crippen LogP contribution < -0.4 is 10.1 Å². The summed E-state index contributed by atoms with van der Waals surface area (Å²) in [5, 5.41) is 4.09. The largest absolute Gasteiger partial charge is 0.496 e. The van der Waals surface area contributed by atoms with Gasteiger partial charge in [0.2, 0.25) is 0 Å². The summed E-state index contributed by atoms with van der Waals surface area (Å²) >= 11 is 13.4. The Balaban J connectivity index is 2.35. The van der Waals surface area contributed by atoms with Gasteiger partial charge in [-0.05, 0) is 61.0 Å². The van der Waals surface area contributed by atoms with Crippen LogP contribution in [0.4, 0.5) is 0 Å². The van der Waals surface area contributed by atoms with Gasteiger partial charge in [-0.1, -0.05) is 43.5 Å². The summed E-state index contributed by atoms with van der Waals surface area (Å²) in [6, 6.07) is 12.0. The maximum absolute atomic E-state index is 6.34. The van der Waals surface area contributed by atoms with Crippen molar-refractivity contribution >= 4 is 43.5 Å². The number of likely N-dealkylation sites (N-methyl/N-ethyl adjacent to an activating group) is 1. The molecule has 21 heavy (non-hydrogen) atoms. The van der Waals surface area contributed by atoms with E-state index < -0.39 is 0 Å². The minimum Gasteiger partial charge on any atom is -0.496 e. The van der Waals surface area contributed by atoms with Gasteiger partial charge in [-0.25, -0.2) is 0 Å². The summed E-state index contributed by atoms with van der Waals surface area (Å²) in [6.07, 6.45) is 0.787. The molecule has 0 aliphatic heterocycles. The van der Waals surface area contributed by atoms with Crippen LogP contribution >= 0.6 is 43.5 Å². The Morgan fingerprint density at radius 2 is 1.81 bits per heavy atom. The lowest BCUT2D eigenvalue weighted by Gasteiger charge is -2.20. The molecule has 0 spiro atoms. The van der Waals surface area contributed by atoms with E-state index >= 15 is 0 Å². The molecule has 5 heteroatoms. The monoisotopic (exact) mass is 431 g/mol. The molecule has 1 unspecified atom stereocenters. The highest BCUT2D eigenvalue weighted by Gasteiger charge is 2.16. The molecule has 0 aliphatic carbocycles. The van der Waals surface area contributed by atoms with Gasteiger partial charge in [0.15, 0.2) is 0 Å². The van der Waals surface area contributed by atoms with E-state index in [9.17, 15) is 0 Å². The number of nitrogens with one attached hydrogen (secondary N) is 1. The second kappa shape index (κ2) is 7.63. The van der Waals surface area contributed by atoms with Gasteiger partial charge in [0, 0.05) is 20.0 Å². The third kappa shape index (κ3) is 4.22. The van der Waals surface area contributed by atoms with Crippen LogP contribution in [0.5, 0.6) is 5.75 Å². The SMILES string of the molecule is CNC(Cc1cc(Br)ccc1OC)c1cc(Br)ccc1Cl. The molecule has 2 aromatic carbocycles. The van der Waals surface area contributed by atoms with E-state index in [1.807, 2.05) is 37.4 Å². The molecule has 0 aromatic heterocycles. The van der Waals surface area contributed by atoms with Crippen LogP contribution in [0.2, 0.25) is 5.02 Å². The van der Waals surface area contributed by atoms with Crippen LogP contribution in [0, 0.1) is 0 Å². The molecule has 2 aromatic rings. The first kappa shape index (κ1) is 16.8. The van der Waals surface area contributed by atoms with Gasteiger partial charge in [-0.15, -0.1) is 0 Å². The first-order valence-electron chi connectivity index (χ1n) is 6.49. The Hall–Kier alpha value is -0.550. The van der Waals surface area contributed by atoms with Crippen molar-refractivity contribution in [3.8, 4) is 5.75 Å². The van der Waals surface area contributed by atoms with E-state index in [0.29, 0.717) is 0 Å². The number of benzene rings is 2. The van der Waals surface area contributed by atoms with Crippen LogP contribution in [-0.2, 0) is 6.42 Å². The van der Waals surface area contributed by atoms with Crippen molar-refractivity contribution < 1.29 is 4.74 Å². The fraction of sp³-hybridized carbons (Fsp3) is 0.250. The molecule has 1 atom stereocenters. The predicted molar refractivity (Wildman–Crippen MR) is 95.4 cm³/mol. The van der Waals surface area contributed by atoms with Gasteiger partial charge in [-0.2, -0.15) is 0 Å². The Labute approximate surface area is 147 Å². The van der Waals surface area contributed by atoms with Crippen molar-refractivity contribution in [2.75, 3.05) is 14.2 Å². The average Bonchev–Trinajstić information content (AvgIpc) is 2.47. The fourth-order valence-corrected chi connectivity index (χ4v) is 3.31. The van der Waals surface area contributed by atoms with Gasteiger partial charge in [0.25, 0.3) is 0 Å². The predicted octanol–water partition coefficient (Wildman–Crippen LogP) is 5.38. The molecule has 0 heterocycles. The molecule has 0 saturated carbocycles. The van der Waals surface area contributed by atoms with Crippen molar-refractivity contribution in [3.63, 3.8) is 0 Å².